The molecule has 2 aromatic heterocycles. The van der Waals surface area contributed by atoms with Crippen molar-refractivity contribution in [2.75, 3.05) is 23.7 Å². The summed E-state index contributed by atoms with van der Waals surface area (Å²) in [4.78, 5) is 14.2. The number of benzene rings is 2. The average Bonchev–Trinajstić information content (AvgIpc) is 2.89. The van der Waals surface area contributed by atoms with Crippen LogP contribution in [-0.2, 0) is 0 Å². The molecule has 7 nitrogen and oxygen atoms in total. The van der Waals surface area contributed by atoms with Gasteiger partial charge in [-0.2, -0.15) is 4.98 Å². The first kappa shape index (κ1) is 23.1. The molecule has 3 heterocycles. The number of pyridine rings is 1. The van der Waals surface area contributed by atoms with Crippen LogP contribution in [0.2, 0.25) is 0 Å². The van der Waals surface area contributed by atoms with E-state index in [9.17, 15) is 4.39 Å². The van der Waals surface area contributed by atoms with E-state index in [4.69, 9.17) is 4.74 Å². The number of ether oxygens (including phenoxy) is 1. The third-order valence-corrected chi connectivity index (χ3v) is 6.55. The molecule has 0 atom stereocenters. The topological polar surface area (TPSA) is 75.2 Å². The average molecular weight is 489 g/mol. The molecular weight excluding hydrogens is 463 g/mol. The van der Waals surface area contributed by atoms with E-state index in [0.717, 1.165) is 37.3 Å². The van der Waals surface area contributed by atoms with Gasteiger partial charge in [-0.1, -0.05) is 6.07 Å². The second kappa shape index (κ2) is 11.2. The normalized spacial score (nSPS) is 14.4. The summed E-state index contributed by atoms with van der Waals surface area (Å²) in [6.07, 6.45) is 5.59. The summed E-state index contributed by atoms with van der Waals surface area (Å²) in [6.45, 7) is 1.92. The van der Waals surface area contributed by atoms with Gasteiger partial charge in [-0.05, 0) is 85.5 Å². The third-order valence-electron chi connectivity index (χ3n) is 5.44. The van der Waals surface area contributed by atoms with Gasteiger partial charge in [-0.3, -0.25) is 0 Å². The largest absolute Gasteiger partial charge is 0.474 e. The molecule has 2 aromatic carbocycles. The van der Waals surface area contributed by atoms with E-state index in [2.05, 4.69) is 42.0 Å². The van der Waals surface area contributed by atoms with E-state index in [1.807, 2.05) is 30.3 Å². The number of hydrogen-bond acceptors (Lipinski definition) is 8. The molecule has 4 aromatic rings. The van der Waals surface area contributed by atoms with Crippen LogP contribution < -0.4 is 15.4 Å². The highest BCUT2D eigenvalue weighted by molar-refractivity contribution is 7.97. The van der Waals surface area contributed by atoms with Crippen molar-refractivity contribution < 1.29 is 9.13 Å². The summed E-state index contributed by atoms with van der Waals surface area (Å²) in [5, 5.41) is 6.38. The maximum Gasteiger partial charge on any atom is 0.229 e. The molecule has 1 fully saturated rings. The summed E-state index contributed by atoms with van der Waals surface area (Å²) in [5.41, 5.74) is 1.65. The number of nitrogens with one attached hydrogen (secondary N) is 2. The van der Waals surface area contributed by atoms with Crippen molar-refractivity contribution in [3.05, 3.63) is 91.0 Å². The summed E-state index contributed by atoms with van der Waals surface area (Å²) in [6, 6.07) is 21.8. The van der Waals surface area contributed by atoms with Crippen molar-refractivity contribution in [3.63, 3.8) is 0 Å². The van der Waals surface area contributed by atoms with Crippen molar-refractivity contribution in [2.45, 2.75) is 23.8 Å². The second-order valence-electron chi connectivity index (χ2n) is 8.05. The van der Waals surface area contributed by atoms with Crippen LogP contribution in [0.25, 0.3) is 0 Å². The van der Waals surface area contributed by atoms with Crippen LogP contribution in [0.15, 0.2) is 90.1 Å². The molecule has 1 saturated heterocycles. The van der Waals surface area contributed by atoms with Crippen molar-refractivity contribution in [2.24, 2.45) is 0 Å². The molecule has 0 radical (unpaired) electrons. The highest BCUT2D eigenvalue weighted by atomic mass is 32.2. The maximum absolute atomic E-state index is 13.1. The van der Waals surface area contributed by atoms with Crippen LogP contribution in [0.1, 0.15) is 12.8 Å². The summed E-state index contributed by atoms with van der Waals surface area (Å²) < 4.78 is 21.5. The number of nitrogens with zero attached hydrogens (tertiary/aromatic N) is 4. The summed E-state index contributed by atoms with van der Waals surface area (Å²) in [5.74, 6) is 1.52. The number of piperidine rings is 1. The van der Waals surface area contributed by atoms with Gasteiger partial charge in [0.25, 0.3) is 0 Å². The fourth-order valence-electron chi connectivity index (χ4n) is 3.68. The lowest BCUT2D eigenvalue weighted by Gasteiger charge is -2.30. The van der Waals surface area contributed by atoms with E-state index in [1.54, 1.807) is 42.5 Å². The highest BCUT2D eigenvalue weighted by Crippen LogP contribution is 2.29. The first-order chi connectivity index (χ1) is 17.2. The Morgan fingerprint density at radius 3 is 2.31 bits per heavy atom. The molecule has 1 aliphatic heterocycles. The second-order valence-corrected chi connectivity index (χ2v) is 9.22. The Hall–Kier alpha value is -3.69. The Bertz CT molecular complexity index is 1220. The van der Waals surface area contributed by atoms with Gasteiger partial charge in [-0.25, -0.2) is 18.7 Å². The van der Waals surface area contributed by atoms with Crippen LogP contribution >= 0.6 is 11.9 Å². The minimum Gasteiger partial charge on any atom is -0.474 e. The number of aromatic nitrogens is 3. The lowest BCUT2D eigenvalue weighted by atomic mass is 10.1. The first-order valence-electron chi connectivity index (χ1n) is 11.4. The molecular formula is C26H25FN6OS. The van der Waals surface area contributed by atoms with Crippen molar-refractivity contribution in [1.82, 2.24) is 19.3 Å². The zero-order valence-electron chi connectivity index (χ0n) is 19.0. The minimum absolute atomic E-state index is 0.210. The SMILES string of the molecule is Fc1ccc(Nc2ccnc(Nc3ccc(SN4CCC(Oc5ccccn5)CC4)cc3)n2)cc1. The molecule has 0 aliphatic carbocycles. The van der Waals surface area contributed by atoms with Crippen molar-refractivity contribution in [1.29, 1.82) is 0 Å². The van der Waals surface area contributed by atoms with E-state index >= 15 is 0 Å². The molecule has 0 unspecified atom stereocenters. The number of anilines is 4. The molecule has 35 heavy (non-hydrogen) atoms. The number of hydrogen-bond donors (Lipinski definition) is 2. The van der Waals surface area contributed by atoms with Crippen molar-refractivity contribution in [3.8, 4) is 5.88 Å². The smallest absolute Gasteiger partial charge is 0.229 e. The van der Waals surface area contributed by atoms with Crippen LogP contribution in [0.3, 0.4) is 0 Å². The molecule has 0 saturated carbocycles. The molecule has 0 spiro atoms. The number of rotatable bonds is 8. The van der Waals surface area contributed by atoms with Gasteiger partial charge in [0.2, 0.25) is 11.8 Å². The maximum atomic E-state index is 13.1. The van der Waals surface area contributed by atoms with Gasteiger partial charge in [0.15, 0.2) is 0 Å². The molecule has 0 bridgehead atoms. The predicted octanol–water partition coefficient (Wildman–Crippen LogP) is 6.05. The Morgan fingerprint density at radius 2 is 1.57 bits per heavy atom. The van der Waals surface area contributed by atoms with Gasteiger partial charge in [0.1, 0.15) is 17.7 Å². The molecule has 9 heteroatoms. The monoisotopic (exact) mass is 488 g/mol. The van der Waals surface area contributed by atoms with E-state index < -0.39 is 0 Å². The Labute approximate surface area is 207 Å². The molecule has 178 valence electrons. The zero-order chi connectivity index (χ0) is 23.9. The van der Waals surface area contributed by atoms with E-state index in [-0.39, 0.29) is 11.9 Å². The quantitative estimate of drug-likeness (QED) is 0.291. The van der Waals surface area contributed by atoms with E-state index in [1.165, 1.54) is 17.0 Å². The molecule has 0 amide bonds. The van der Waals surface area contributed by atoms with Gasteiger partial charge in [0, 0.05) is 47.8 Å². The molecule has 1 aliphatic rings. The fraction of sp³-hybridized carbons (Fsp3) is 0.192. The van der Waals surface area contributed by atoms with Gasteiger partial charge >= 0.3 is 0 Å². The lowest BCUT2D eigenvalue weighted by Crippen LogP contribution is -2.34. The van der Waals surface area contributed by atoms with Crippen LogP contribution in [0.4, 0.5) is 27.5 Å². The van der Waals surface area contributed by atoms with E-state index in [0.29, 0.717) is 17.6 Å². The van der Waals surface area contributed by atoms with Gasteiger partial charge in [0.05, 0.1) is 0 Å². The summed E-state index contributed by atoms with van der Waals surface area (Å²) in [7, 11) is 0. The van der Waals surface area contributed by atoms with Gasteiger partial charge < -0.3 is 15.4 Å². The first-order valence-corrected chi connectivity index (χ1v) is 12.2. The molecule has 5 rings (SSSR count). The predicted molar refractivity (Wildman–Crippen MR) is 137 cm³/mol. The van der Waals surface area contributed by atoms with Crippen LogP contribution in [0, 0.1) is 5.82 Å². The minimum atomic E-state index is -0.277. The zero-order valence-corrected chi connectivity index (χ0v) is 19.8. The Morgan fingerprint density at radius 1 is 0.829 bits per heavy atom. The number of halogens is 1. The van der Waals surface area contributed by atoms with Crippen LogP contribution in [-0.4, -0.2) is 38.5 Å². The van der Waals surface area contributed by atoms with Crippen molar-refractivity contribution >= 4 is 35.1 Å². The molecule has 2 N–H and O–H groups in total. The standard InChI is InChI=1S/C26H25FN6OS/c27-19-4-6-20(7-5-19)30-24-12-16-29-26(32-24)31-21-8-10-23(11-9-21)35-33-17-13-22(14-18-33)34-25-3-1-2-15-28-25/h1-12,15-16,22H,13-14,17-18H2,(H2,29,30,31,32). The summed E-state index contributed by atoms with van der Waals surface area (Å²) >= 11 is 1.76. The Kier molecular flexibility index (Phi) is 7.35. The van der Waals surface area contributed by atoms with Crippen LogP contribution in [0.5, 0.6) is 5.88 Å². The fourth-order valence-corrected chi connectivity index (χ4v) is 4.63. The van der Waals surface area contributed by atoms with Gasteiger partial charge in [-0.15, -0.1) is 0 Å². The highest BCUT2D eigenvalue weighted by Gasteiger charge is 2.21. The lowest BCUT2D eigenvalue weighted by molar-refractivity contribution is 0.133. The Balaban J connectivity index is 1.11. The third kappa shape index (κ3) is 6.68.